The van der Waals surface area contributed by atoms with Gasteiger partial charge in [0.2, 0.25) is 0 Å². The van der Waals surface area contributed by atoms with Gasteiger partial charge in [0.1, 0.15) is 5.69 Å². The molecule has 0 bridgehead atoms. The van der Waals surface area contributed by atoms with Crippen LogP contribution in [-0.2, 0) is 13.6 Å². The van der Waals surface area contributed by atoms with Gasteiger partial charge >= 0.3 is 0 Å². The number of carbonyl (C=O) groups is 1. The Morgan fingerprint density at radius 3 is 2.76 bits per heavy atom. The highest BCUT2D eigenvalue weighted by molar-refractivity contribution is 5.92. The number of aryl methyl sites for hydroxylation is 3. The van der Waals surface area contributed by atoms with Crippen molar-refractivity contribution < 1.29 is 4.79 Å². The van der Waals surface area contributed by atoms with E-state index in [0.29, 0.717) is 18.2 Å². The Balaban J connectivity index is 1.81. The van der Waals surface area contributed by atoms with E-state index in [1.807, 2.05) is 30.1 Å². The van der Waals surface area contributed by atoms with E-state index in [1.54, 1.807) is 11.7 Å². The van der Waals surface area contributed by atoms with Gasteiger partial charge in [-0.1, -0.05) is 13.8 Å². The summed E-state index contributed by atoms with van der Waals surface area (Å²) in [6.45, 7) is 7.57. The fourth-order valence-corrected chi connectivity index (χ4v) is 2.11. The van der Waals surface area contributed by atoms with Gasteiger partial charge in [-0.25, -0.2) is 0 Å². The van der Waals surface area contributed by atoms with E-state index in [-0.39, 0.29) is 5.91 Å². The Morgan fingerprint density at radius 1 is 1.43 bits per heavy atom. The van der Waals surface area contributed by atoms with Crippen LogP contribution in [0.5, 0.6) is 0 Å². The van der Waals surface area contributed by atoms with E-state index in [1.165, 1.54) is 0 Å². The maximum absolute atomic E-state index is 12.1. The van der Waals surface area contributed by atoms with Crippen LogP contribution in [0.1, 0.15) is 47.9 Å². The van der Waals surface area contributed by atoms with Crippen LogP contribution in [0, 0.1) is 6.92 Å². The van der Waals surface area contributed by atoms with Crippen LogP contribution in [0.25, 0.3) is 0 Å². The fraction of sp³-hybridized carbons (Fsp3) is 0.533. The van der Waals surface area contributed by atoms with Crippen LogP contribution >= 0.6 is 0 Å². The summed E-state index contributed by atoms with van der Waals surface area (Å²) in [7, 11) is 1.80. The zero-order valence-corrected chi connectivity index (χ0v) is 13.1. The van der Waals surface area contributed by atoms with Crippen molar-refractivity contribution in [3.63, 3.8) is 0 Å². The summed E-state index contributed by atoms with van der Waals surface area (Å²) in [6, 6.07) is 1.86. The Hall–Kier alpha value is -2.11. The van der Waals surface area contributed by atoms with Gasteiger partial charge in [0.15, 0.2) is 0 Å². The first-order valence-electron chi connectivity index (χ1n) is 7.28. The molecule has 0 aliphatic heterocycles. The zero-order valence-electron chi connectivity index (χ0n) is 13.1. The first-order chi connectivity index (χ1) is 9.97. The second-order valence-electron chi connectivity index (χ2n) is 5.62. The summed E-state index contributed by atoms with van der Waals surface area (Å²) in [4.78, 5) is 12.1. The molecule has 6 nitrogen and oxygen atoms in total. The predicted octanol–water partition coefficient (Wildman–Crippen LogP) is 1.87. The topological polar surface area (TPSA) is 64.7 Å². The van der Waals surface area contributed by atoms with Gasteiger partial charge in [0.25, 0.3) is 5.91 Å². The van der Waals surface area contributed by atoms with Crippen molar-refractivity contribution in [2.45, 2.75) is 39.7 Å². The van der Waals surface area contributed by atoms with E-state index >= 15 is 0 Å². The summed E-state index contributed by atoms with van der Waals surface area (Å²) in [6.07, 6.45) is 4.68. The molecular weight excluding hydrogens is 266 g/mol. The van der Waals surface area contributed by atoms with Gasteiger partial charge in [0, 0.05) is 26.3 Å². The molecule has 0 saturated carbocycles. The first kappa shape index (κ1) is 15.3. The largest absolute Gasteiger partial charge is 0.351 e. The zero-order chi connectivity index (χ0) is 15.4. The molecule has 114 valence electrons. The molecule has 0 aromatic carbocycles. The Kier molecular flexibility index (Phi) is 4.77. The molecule has 0 aliphatic rings. The molecule has 0 fully saturated rings. The highest BCUT2D eigenvalue weighted by atomic mass is 16.2. The van der Waals surface area contributed by atoms with Crippen molar-refractivity contribution in [2.24, 2.45) is 7.05 Å². The minimum Gasteiger partial charge on any atom is -0.351 e. The second kappa shape index (κ2) is 6.56. The third-order valence-electron chi connectivity index (χ3n) is 3.33. The van der Waals surface area contributed by atoms with Crippen LogP contribution in [0.2, 0.25) is 0 Å². The van der Waals surface area contributed by atoms with Gasteiger partial charge in [-0.3, -0.25) is 14.2 Å². The van der Waals surface area contributed by atoms with E-state index in [2.05, 4.69) is 29.4 Å². The van der Waals surface area contributed by atoms with E-state index in [9.17, 15) is 4.79 Å². The number of hydrogen-bond acceptors (Lipinski definition) is 3. The molecule has 0 radical (unpaired) electrons. The molecular formula is C15H23N5O. The summed E-state index contributed by atoms with van der Waals surface area (Å²) in [5.41, 5.74) is 2.69. The van der Waals surface area contributed by atoms with Crippen LogP contribution in [0.4, 0.5) is 0 Å². The molecule has 2 aromatic rings. The highest BCUT2D eigenvalue weighted by Gasteiger charge is 2.14. The Labute approximate surface area is 125 Å². The van der Waals surface area contributed by atoms with Gasteiger partial charge < -0.3 is 5.32 Å². The lowest BCUT2D eigenvalue weighted by Gasteiger charge is -2.05. The van der Waals surface area contributed by atoms with Gasteiger partial charge in [-0.15, -0.1) is 0 Å². The molecule has 0 atom stereocenters. The molecule has 2 rings (SSSR count). The van der Waals surface area contributed by atoms with E-state index < -0.39 is 0 Å². The summed E-state index contributed by atoms with van der Waals surface area (Å²) < 4.78 is 3.53. The quantitative estimate of drug-likeness (QED) is 0.826. The molecule has 21 heavy (non-hydrogen) atoms. The third-order valence-corrected chi connectivity index (χ3v) is 3.33. The summed E-state index contributed by atoms with van der Waals surface area (Å²) in [5.74, 6) is 0.245. The van der Waals surface area contributed by atoms with Crippen molar-refractivity contribution in [3.8, 4) is 0 Å². The highest BCUT2D eigenvalue weighted by Crippen LogP contribution is 2.13. The maximum atomic E-state index is 12.1. The SMILES string of the molecule is Cc1cnn(CCCNC(=O)c2cc(C(C)C)nn2C)c1. The normalized spacial score (nSPS) is 11.1. The minimum absolute atomic E-state index is 0.0754. The number of aromatic nitrogens is 4. The molecule has 0 unspecified atom stereocenters. The smallest absolute Gasteiger partial charge is 0.269 e. The number of amides is 1. The summed E-state index contributed by atoms with van der Waals surface area (Å²) in [5, 5.41) is 11.5. The number of rotatable bonds is 6. The third kappa shape index (κ3) is 3.93. The fourth-order valence-electron chi connectivity index (χ4n) is 2.11. The van der Waals surface area contributed by atoms with Crippen LogP contribution in [0.3, 0.4) is 0 Å². The monoisotopic (exact) mass is 289 g/mol. The molecule has 1 N–H and O–H groups in total. The molecule has 0 aliphatic carbocycles. The average molecular weight is 289 g/mol. The molecule has 0 spiro atoms. The number of nitrogens with one attached hydrogen (secondary N) is 1. The lowest BCUT2D eigenvalue weighted by Crippen LogP contribution is -2.27. The lowest BCUT2D eigenvalue weighted by molar-refractivity contribution is 0.0943. The average Bonchev–Trinajstić information content (AvgIpc) is 3.01. The van der Waals surface area contributed by atoms with E-state index in [4.69, 9.17) is 0 Å². The number of carbonyl (C=O) groups excluding carboxylic acids is 1. The van der Waals surface area contributed by atoms with Crippen molar-refractivity contribution in [2.75, 3.05) is 6.54 Å². The Morgan fingerprint density at radius 2 is 2.19 bits per heavy atom. The van der Waals surface area contributed by atoms with Crippen LogP contribution in [0.15, 0.2) is 18.5 Å². The minimum atomic E-state index is -0.0754. The van der Waals surface area contributed by atoms with Crippen molar-refractivity contribution >= 4 is 5.91 Å². The first-order valence-corrected chi connectivity index (χ1v) is 7.28. The van der Waals surface area contributed by atoms with Gasteiger partial charge in [-0.05, 0) is 30.9 Å². The van der Waals surface area contributed by atoms with Crippen LogP contribution in [-0.4, -0.2) is 32.0 Å². The van der Waals surface area contributed by atoms with E-state index in [0.717, 1.165) is 24.2 Å². The number of nitrogens with zero attached hydrogens (tertiary/aromatic N) is 4. The predicted molar refractivity (Wildman–Crippen MR) is 81.2 cm³/mol. The molecule has 6 heteroatoms. The molecule has 2 aromatic heterocycles. The van der Waals surface area contributed by atoms with Gasteiger partial charge in [0.05, 0.1) is 11.9 Å². The lowest BCUT2D eigenvalue weighted by atomic mass is 10.1. The summed E-state index contributed by atoms with van der Waals surface area (Å²) >= 11 is 0. The van der Waals surface area contributed by atoms with Crippen molar-refractivity contribution in [3.05, 3.63) is 35.4 Å². The molecule has 1 amide bonds. The van der Waals surface area contributed by atoms with Gasteiger partial charge in [-0.2, -0.15) is 10.2 Å². The second-order valence-corrected chi connectivity index (χ2v) is 5.62. The Bertz CT molecular complexity index is 611. The maximum Gasteiger partial charge on any atom is 0.269 e. The molecule has 2 heterocycles. The number of hydrogen-bond donors (Lipinski definition) is 1. The van der Waals surface area contributed by atoms with Crippen molar-refractivity contribution in [1.82, 2.24) is 24.9 Å². The van der Waals surface area contributed by atoms with Crippen molar-refractivity contribution in [1.29, 1.82) is 0 Å². The molecule has 0 saturated heterocycles. The van der Waals surface area contributed by atoms with Crippen LogP contribution < -0.4 is 5.32 Å². The standard InChI is InChI=1S/C15H23N5O/c1-11(2)13-8-14(19(4)18-13)15(21)16-6-5-7-20-10-12(3)9-17-20/h8-11H,5-7H2,1-4H3,(H,16,21).